The third-order valence-corrected chi connectivity index (χ3v) is 12.7. The summed E-state index contributed by atoms with van der Waals surface area (Å²) in [5.41, 5.74) is -2.44. The lowest BCUT2D eigenvalue weighted by Gasteiger charge is -2.65. The fourth-order valence-corrected chi connectivity index (χ4v) is 10.7. The topological polar surface area (TPSA) is 121 Å². The number of cyclic esters (lactones) is 1. The average molecular weight is 575 g/mol. The molecule has 3 aliphatic heterocycles. The van der Waals surface area contributed by atoms with Gasteiger partial charge in [0.15, 0.2) is 12.1 Å². The van der Waals surface area contributed by atoms with Gasteiger partial charge >= 0.3 is 5.97 Å². The Morgan fingerprint density at radius 3 is 2.51 bits per heavy atom. The van der Waals surface area contributed by atoms with Crippen LogP contribution >= 0.6 is 0 Å². The highest BCUT2D eigenvalue weighted by Gasteiger charge is 2.71. The van der Waals surface area contributed by atoms with Gasteiger partial charge in [-0.25, -0.2) is 4.79 Å². The van der Waals surface area contributed by atoms with Gasteiger partial charge in [0, 0.05) is 24.3 Å². The molecule has 228 valence electrons. The molecule has 12 atom stereocenters. The quantitative estimate of drug-likeness (QED) is 0.295. The maximum Gasteiger partial charge on any atom is 0.331 e. The smallest absolute Gasteiger partial charge is 0.331 e. The third-order valence-electron chi connectivity index (χ3n) is 12.7. The highest BCUT2D eigenvalue weighted by molar-refractivity contribution is 5.85. The Balaban J connectivity index is 1.08. The van der Waals surface area contributed by atoms with E-state index in [2.05, 4.69) is 6.92 Å². The molecule has 9 heteroatoms. The summed E-state index contributed by atoms with van der Waals surface area (Å²) in [6, 6.07) is 0. The van der Waals surface area contributed by atoms with Crippen molar-refractivity contribution in [1.82, 2.24) is 0 Å². The van der Waals surface area contributed by atoms with Crippen molar-refractivity contribution in [2.75, 3.05) is 6.61 Å². The first-order valence-corrected chi connectivity index (χ1v) is 15.8. The van der Waals surface area contributed by atoms with E-state index in [0.717, 1.165) is 31.1 Å². The minimum Gasteiger partial charge on any atom is -0.458 e. The predicted molar refractivity (Wildman–Crippen MR) is 145 cm³/mol. The van der Waals surface area contributed by atoms with Crippen LogP contribution in [0.3, 0.4) is 0 Å². The molecule has 0 aromatic heterocycles. The first-order chi connectivity index (χ1) is 19.3. The summed E-state index contributed by atoms with van der Waals surface area (Å²) in [6.45, 7) is 8.28. The van der Waals surface area contributed by atoms with Gasteiger partial charge in [-0.15, -0.1) is 0 Å². The Bertz CT molecular complexity index is 1140. The Hall–Kier alpha value is -1.36. The summed E-state index contributed by atoms with van der Waals surface area (Å²) in [7, 11) is 0. The summed E-state index contributed by atoms with van der Waals surface area (Å²) in [4.78, 5) is 24.9. The van der Waals surface area contributed by atoms with Gasteiger partial charge < -0.3 is 38.7 Å². The molecule has 3 heterocycles. The minimum absolute atomic E-state index is 0.0739. The zero-order valence-corrected chi connectivity index (χ0v) is 24.8. The van der Waals surface area contributed by atoms with Crippen LogP contribution in [0, 0.1) is 28.6 Å². The van der Waals surface area contributed by atoms with Crippen molar-refractivity contribution in [2.45, 2.75) is 140 Å². The van der Waals surface area contributed by atoms with E-state index in [4.69, 9.17) is 23.7 Å². The van der Waals surface area contributed by atoms with Gasteiger partial charge in [0.05, 0.1) is 34.9 Å². The number of hydrogen-bond acceptors (Lipinski definition) is 9. The number of carbonyl (C=O) groups is 2. The largest absolute Gasteiger partial charge is 0.458 e. The normalized spacial score (nSPS) is 53.9. The van der Waals surface area contributed by atoms with Crippen LogP contribution in [-0.2, 0) is 33.3 Å². The fourth-order valence-electron chi connectivity index (χ4n) is 10.7. The zero-order chi connectivity index (χ0) is 29.0. The SMILES string of the molecule is CC1OC(OC2CC[C@]3(C=O)C4CC[C@]5(C)C(C6=CC(=O)OC6)CCC5(O)C4CCC3(O)C2)CC2OC(C)(C)OC12. The van der Waals surface area contributed by atoms with E-state index in [9.17, 15) is 19.8 Å². The molecule has 0 bridgehead atoms. The number of carbonyl (C=O) groups excluding carboxylic acids is 2. The third kappa shape index (κ3) is 4.02. The van der Waals surface area contributed by atoms with E-state index < -0.39 is 28.7 Å². The second kappa shape index (κ2) is 9.32. The molecule has 10 unspecified atom stereocenters. The molecule has 4 aliphatic carbocycles. The summed E-state index contributed by atoms with van der Waals surface area (Å²) >= 11 is 0. The second-order valence-corrected chi connectivity index (χ2v) is 14.9. The number of esters is 1. The van der Waals surface area contributed by atoms with Crippen LogP contribution < -0.4 is 0 Å². The molecule has 4 saturated carbocycles. The Labute approximate surface area is 242 Å². The van der Waals surface area contributed by atoms with Crippen LogP contribution in [0.5, 0.6) is 0 Å². The Morgan fingerprint density at radius 2 is 1.78 bits per heavy atom. The maximum atomic E-state index is 13.1. The summed E-state index contributed by atoms with van der Waals surface area (Å²) < 4.78 is 30.0. The number of aliphatic hydroxyl groups is 2. The van der Waals surface area contributed by atoms with Crippen molar-refractivity contribution < 1.29 is 43.5 Å². The van der Waals surface area contributed by atoms with Crippen LogP contribution in [0.25, 0.3) is 0 Å². The van der Waals surface area contributed by atoms with Gasteiger partial charge in [0.1, 0.15) is 19.0 Å². The Kier molecular flexibility index (Phi) is 6.46. The number of hydrogen-bond donors (Lipinski definition) is 2. The Morgan fingerprint density at radius 1 is 1.00 bits per heavy atom. The lowest BCUT2D eigenvalue weighted by atomic mass is 9.41. The molecule has 41 heavy (non-hydrogen) atoms. The fraction of sp³-hybridized carbons (Fsp3) is 0.875. The van der Waals surface area contributed by atoms with Crippen LogP contribution in [0.4, 0.5) is 0 Å². The minimum atomic E-state index is -1.19. The molecule has 2 saturated heterocycles. The van der Waals surface area contributed by atoms with Crippen LogP contribution in [-0.4, -0.2) is 76.8 Å². The molecule has 0 spiro atoms. The summed E-state index contributed by atoms with van der Waals surface area (Å²) in [6.07, 6.45) is 7.78. The molecule has 9 nitrogen and oxygen atoms in total. The van der Waals surface area contributed by atoms with Crippen LogP contribution in [0.15, 0.2) is 11.6 Å². The number of ether oxygens (including phenoxy) is 5. The van der Waals surface area contributed by atoms with Crippen molar-refractivity contribution in [3.8, 4) is 0 Å². The highest BCUT2D eigenvalue weighted by Crippen LogP contribution is 2.70. The zero-order valence-electron chi connectivity index (χ0n) is 24.8. The number of fused-ring (bicyclic) bond motifs is 6. The molecule has 7 aliphatic rings. The molecular weight excluding hydrogens is 528 g/mol. The van der Waals surface area contributed by atoms with Gasteiger partial charge in [-0.2, -0.15) is 0 Å². The van der Waals surface area contributed by atoms with Crippen molar-refractivity contribution in [2.24, 2.45) is 28.6 Å². The predicted octanol–water partition coefficient (Wildman–Crippen LogP) is 3.58. The number of aldehydes is 1. The molecule has 6 fully saturated rings. The lowest BCUT2D eigenvalue weighted by Crippen LogP contribution is -2.69. The first-order valence-electron chi connectivity index (χ1n) is 15.8. The van der Waals surface area contributed by atoms with Crippen molar-refractivity contribution in [3.63, 3.8) is 0 Å². The monoisotopic (exact) mass is 574 g/mol. The van der Waals surface area contributed by atoms with E-state index in [-0.39, 0.29) is 53.6 Å². The molecular formula is C32H46O9. The van der Waals surface area contributed by atoms with Crippen molar-refractivity contribution in [1.29, 1.82) is 0 Å². The van der Waals surface area contributed by atoms with Gasteiger partial charge in [-0.3, -0.25) is 0 Å². The summed E-state index contributed by atoms with van der Waals surface area (Å²) in [5, 5.41) is 24.7. The van der Waals surface area contributed by atoms with E-state index in [1.807, 2.05) is 20.8 Å². The van der Waals surface area contributed by atoms with Crippen LogP contribution in [0.1, 0.15) is 91.9 Å². The van der Waals surface area contributed by atoms with Gasteiger partial charge in [-0.05, 0) is 95.5 Å². The van der Waals surface area contributed by atoms with Crippen molar-refractivity contribution >= 4 is 12.3 Å². The van der Waals surface area contributed by atoms with Gasteiger partial charge in [-0.1, -0.05) is 6.92 Å². The van der Waals surface area contributed by atoms with E-state index in [0.29, 0.717) is 51.6 Å². The van der Waals surface area contributed by atoms with Crippen LogP contribution in [0.2, 0.25) is 0 Å². The van der Waals surface area contributed by atoms with Crippen molar-refractivity contribution in [3.05, 3.63) is 11.6 Å². The van der Waals surface area contributed by atoms with E-state index in [1.165, 1.54) is 0 Å². The molecule has 0 aromatic carbocycles. The highest BCUT2D eigenvalue weighted by atomic mass is 16.8. The number of rotatable bonds is 4. The molecule has 0 amide bonds. The van der Waals surface area contributed by atoms with E-state index in [1.54, 1.807) is 6.08 Å². The standard InChI is InChI=1S/C32H46O9/c1-18-27-24(40-28(2,3)41-27)14-26(38-18)39-20-5-10-30(17-33)22-6-9-29(4)21(19-13-25(34)37-16-19)8-12-32(29,36)23(22)7-11-31(30,35)15-20/h13,17-18,20-24,26-27,35-36H,5-12,14-16H2,1-4H3/t18?,20?,21?,22?,23?,24?,26?,27?,29-,30+,31?,32?/m1/s1. The van der Waals surface area contributed by atoms with E-state index >= 15 is 0 Å². The lowest BCUT2D eigenvalue weighted by molar-refractivity contribution is -0.278. The molecule has 2 N–H and O–H groups in total. The molecule has 0 aromatic rings. The molecule has 7 rings (SSSR count). The second-order valence-electron chi connectivity index (χ2n) is 14.9. The van der Waals surface area contributed by atoms with Gasteiger partial charge in [0.2, 0.25) is 0 Å². The summed E-state index contributed by atoms with van der Waals surface area (Å²) in [5.74, 6) is -1.02. The molecule has 0 radical (unpaired) electrons. The maximum absolute atomic E-state index is 13.1. The average Bonchev–Trinajstić information content (AvgIpc) is 3.55. The first kappa shape index (κ1) is 28.4. The van der Waals surface area contributed by atoms with Gasteiger partial charge in [0.25, 0.3) is 0 Å².